The lowest BCUT2D eigenvalue weighted by Gasteiger charge is -2.44. The SMILES string of the molecule is CCCC(NCC)C(CC)N1CCC(C(C)(C)C)CC1. The third-order valence-corrected chi connectivity index (χ3v) is 5.17. The standard InChI is InChI=1S/C18H38N2/c1-7-10-16(19-9-3)17(8-2)20-13-11-15(12-14-20)18(4,5)6/h15-17,19H,7-14H2,1-6H3. The lowest BCUT2D eigenvalue weighted by Crippen LogP contribution is -2.52. The molecule has 1 aliphatic heterocycles. The predicted octanol–water partition coefficient (Wildman–Crippen LogP) is 4.30. The molecular weight excluding hydrogens is 244 g/mol. The van der Waals surface area contributed by atoms with Crippen molar-refractivity contribution in [3.8, 4) is 0 Å². The molecule has 1 heterocycles. The van der Waals surface area contributed by atoms with Crippen molar-refractivity contribution in [1.29, 1.82) is 0 Å². The van der Waals surface area contributed by atoms with Crippen molar-refractivity contribution in [2.45, 2.75) is 85.7 Å². The minimum Gasteiger partial charge on any atom is -0.313 e. The highest BCUT2D eigenvalue weighted by atomic mass is 15.2. The van der Waals surface area contributed by atoms with Crippen LogP contribution in [0.3, 0.4) is 0 Å². The Hall–Kier alpha value is -0.0800. The van der Waals surface area contributed by atoms with Gasteiger partial charge in [-0.15, -0.1) is 0 Å². The van der Waals surface area contributed by atoms with Gasteiger partial charge >= 0.3 is 0 Å². The van der Waals surface area contributed by atoms with Crippen LogP contribution in [0, 0.1) is 11.3 Å². The van der Waals surface area contributed by atoms with Gasteiger partial charge in [-0.2, -0.15) is 0 Å². The van der Waals surface area contributed by atoms with Gasteiger partial charge in [0.05, 0.1) is 0 Å². The monoisotopic (exact) mass is 282 g/mol. The highest BCUT2D eigenvalue weighted by molar-refractivity contribution is 4.88. The molecule has 2 unspecified atom stereocenters. The van der Waals surface area contributed by atoms with Crippen molar-refractivity contribution in [1.82, 2.24) is 10.2 Å². The molecule has 0 aromatic rings. The van der Waals surface area contributed by atoms with Gasteiger partial charge < -0.3 is 5.32 Å². The predicted molar refractivity (Wildman–Crippen MR) is 90.2 cm³/mol. The molecule has 0 aliphatic carbocycles. The molecule has 120 valence electrons. The zero-order valence-electron chi connectivity index (χ0n) is 14.8. The Morgan fingerprint density at radius 2 is 1.70 bits per heavy atom. The summed E-state index contributed by atoms with van der Waals surface area (Å²) in [5, 5.41) is 3.73. The van der Waals surface area contributed by atoms with Crippen molar-refractivity contribution in [2.75, 3.05) is 19.6 Å². The Morgan fingerprint density at radius 3 is 2.10 bits per heavy atom. The average molecular weight is 283 g/mol. The van der Waals surface area contributed by atoms with E-state index in [1.54, 1.807) is 0 Å². The van der Waals surface area contributed by atoms with Gasteiger partial charge in [-0.3, -0.25) is 4.90 Å². The summed E-state index contributed by atoms with van der Waals surface area (Å²) in [5.41, 5.74) is 0.484. The molecule has 2 atom stereocenters. The van der Waals surface area contributed by atoms with Crippen LogP contribution < -0.4 is 5.32 Å². The first-order chi connectivity index (χ1) is 9.43. The Balaban J connectivity index is 2.59. The first-order valence-corrected chi connectivity index (χ1v) is 8.91. The largest absolute Gasteiger partial charge is 0.313 e. The van der Waals surface area contributed by atoms with E-state index in [4.69, 9.17) is 0 Å². The second kappa shape index (κ2) is 8.38. The quantitative estimate of drug-likeness (QED) is 0.749. The number of nitrogens with one attached hydrogen (secondary N) is 1. The summed E-state index contributed by atoms with van der Waals surface area (Å²) in [6, 6.07) is 1.41. The van der Waals surface area contributed by atoms with Crippen LogP contribution >= 0.6 is 0 Å². The molecule has 1 N–H and O–H groups in total. The zero-order valence-corrected chi connectivity index (χ0v) is 14.8. The summed E-state index contributed by atoms with van der Waals surface area (Å²) in [6.07, 6.45) is 6.63. The minimum atomic E-state index is 0.484. The van der Waals surface area contributed by atoms with E-state index in [0.29, 0.717) is 11.5 Å². The number of rotatable bonds is 7. The van der Waals surface area contributed by atoms with Gasteiger partial charge in [0, 0.05) is 12.1 Å². The van der Waals surface area contributed by atoms with Gasteiger partial charge in [0.2, 0.25) is 0 Å². The van der Waals surface area contributed by atoms with Crippen LogP contribution in [-0.2, 0) is 0 Å². The first kappa shape index (κ1) is 18.0. The Kier molecular flexibility index (Phi) is 7.53. The molecule has 0 spiro atoms. The van der Waals surface area contributed by atoms with E-state index in [0.717, 1.165) is 18.5 Å². The van der Waals surface area contributed by atoms with E-state index in [1.807, 2.05) is 0 Å². The summed E-state index contributed by atoms with van der Waals surface area (Å²) >= 11 is 0. The van der Waals surface area contributed by atoms with Crippen LogP contribution in [0.1, 0.15) is 73.6 Å². The van der Waals surface area contributed by atoms with Crippen molar-refractivity contribution in [3.05, 3.63) is 0 Å². The maximum Gasteiger partial charge on any atom is 0.0246 e. The van der Waals surface area contributed by atoms with Gasteiger partial charge in [0.1, 0.15) is 0 Å². The van der Waals surface area contributed by atoms with Crippen LogP contribution in [-0.4, -0.2) is 36.6 Å². The summed E-state index contributed by atoms with van der Waals surface area (Å²) in [6.45, 7) is 17.8. The van der Waals surface area contributed by atoms with Crippen LogP contribution in [0.25, 0.3) is 0 Å². The first-order valence-electron chi connectivity index (χ1n) is 8.91. The van der Waals surface area contributed by atoms with E-state index in [2.05, 4.69) is 51.8 Å². The summed E-state index contributed by atoms with van der Waals surface area (Å²) < 4.78 is 0. The maximum absolute atomic E-state index is 3.73. The molecule has 1 aliphatic rings. The van der Waals surface area contributed by atoms with E-state index in [9.17, 15) is 0 Å². The van der Waals surface area contributed by atoms with Crippen molar-refractivity contribution in [3.63, 3.8) is 0 Å². The zero-order chi connectivity index (χ0) is 15.2. The third kappa shape index (κ3) is 5.04. The molecule has 20 heavy (non-hydrogen) atoms. The number of piperidine rings is 1. The molecule has 1 fully saturated rings. The van der Waals surface area contributed by atoms with E-state index < -0.39 is 0 Å². The van der Waals surface area contributed by atoms with E-state index in [1.165, 1.54) is 45.2 Å². The van der Waals surface area contributed by atoms with E-state index in [-0.39, 0.29) is 0 Å². The molecule has 0 amide bonds. The molecule has 2 nitrogen and oxygen atoms in total. The number of likely N-dealkylation sites (N-methyl/N-ethyl adjacent to an activating group) is 1. The summed E-state index contributed by atoms with van der Waals surface area (Å²) in [7, 11) is 0. The van der Waals surface area contributed by atoms with Gasteiger partial charge in [0.25, 0.3) is 0 Å². The molecule has 1 saturated heterocycles. The topological polar surface area (TPSA) is 15.3 Å². The number of nitrogens with zero attached hydrogens (tertiary/aromatic N) is 1. The molecule has 0 bridgehead atoms. The lowest BCUT2D eigenvalue weighted by molar-refractivity contribution is 0.0646. The number of hydrogen-bond acceptors (Lipinski definition) is 2. The minimum absolute atomic E-state index is 0.484. The van der Waals surface area contributed by atoms with Crippen molar-refractivity contribution < 1.29 is 0 Å². The van der Waals surface area contributed by atoms with Gasteiger partial charge in [0.15, 0.2) is 0 Å². The fourth-order valence-corrected chi connectivity index (χ4v) is 3.90. The average Bonchev–Trinajstić information content (AvgIpc) is 2.39. The second-order valence-corrected chi connectivity index (χ2v) is 7.60. The van der Waals surface area contributed by atoms with Gasteiger partial charge in [-0.05, 0) is 56.7 Å². The highest BCUT2D eigenvalue weighted by Gasteiger charge is 2.32. The maximum atomic E-state index is 3.73. The van der Waals surface area contributed by atoms with Crippen molar-refractivity contribution >= 4 is 0 Å². The smallest absolute Gasteiger partial charge is 0.0246 e. The number of likely N-dealkylation sites (tertiary alicyclic amines) is 1. The fraction of sp³-hybridized carbons (Fsp3) is 1.00. The molecule has 0 aromatic carbocycles. The lowest BCUT2D eigenvalue weighted by atomic mass is 9.75. The molecule has 2 heteroatoms. The molecule has 0 aromatic heterocycles. The Bertz CT molecular complexity index is 243. The van der Waals surface area contributed by atoms with Gasteiger partial charge in [-0.1, -0.05) is 48.0 Å². The number of hydrogen-bond donors (Lipinski definition) is 1. The second-order valence-electron chi connectivity index (χ2n) is 7.60. The Labute approximate surface area is 127 Å². The normalized spacial score (nSPS) is 21.9. The molecule has 0 radical (unpaired) electrons. The third-order valence-electron chi connectivity index (χ3n) is 5.17. The van der Waals surface area contributed by atoms with Crippen LogP contribution in [0.2, 0.25) is 0 Å². The summed E-state index contributed by atoms with van der Waals surface area (Å²) in [4.78, 5) is 2.77. The molecular formula is C18H38N2. The van der Waals surface area contributed by atoms with Crippen LogP contribution in [0.4, 0.5) is 0 Å². The van der Waals surface area contributed by atoms with Gasteiger partial charge in [-0.25, -0.2) is 0 Å². The van der Waals surface area contributed by atoms with Crippen LogP contribution in [0.15, 0.2) is 0 Å². The summed E-state index contributed by atoms with van der Waals surface area (Å²) in [5.74, 6) is 0.903. The molecule has 1 rings (SSSR count). The van der Waals surface area contributed by atoms with Crippen LogP contribution in [0.5, 0.6) is 0 Å². The fourth-order valence-electron chi connectivity index (χ4n) is 3.90. The Morgan fingerprint density at radius 1 is 1.10 bits per heavy atom. The highest BCUT2D eigenvalue weighted by Crippen LogP contribution is 2.35. The molecule has 0 saturated carbocycles. The van der Waals surface area contributed by atoms with E-state index >= 15 is 0 Å². The van der Waals surface area contributed by atoms with Crippen molar-refractivity contribution in [2.24, 2.45) is 11.3 Å².